The van der Waals surface area contributed by atoms with Crippen LogP contribution in [0.3, 0.4) is 0 Å². The highest BCUT2D eigenvalue weighted by atomic mass is 32.2. The summed E-state index contributed by atoms with van der Waals surface area (Å²) in [6.45, 7) is 2.04. The molecule has 0 aliphatic heterocycles. The van der Waals surface area contributed by atoms with Crippen molar-refractivity contribution in [2.45, 2.75) is 24.1 Å². The van der Waals surface area contributed by atoms with Gasteiger partial charge in [-0.2, -0.15) is 11.8 Å². The van der Waals surface area contributed by atoms with Gasteiger partial charge in [-0.3, -0.25) is 0 Å². The lowest BCUT2D eigenvalue weighted by atomic mass is 10.3. The van der Waals surface area contributed by atoms with Crippen molar-refractivity contribution in [3.63, 3.8) is 0 Å². The molecule has 0 spiro atoms. The van der Waals surface area contributed by atoms with Crippen molar-refractivity contribution in [1.82, 2.24) is 5.32 Å². The third-order valence-corrected chi connectivity index (χ3v) is 5.11. The Bertz CT molecular complexity index is 305. The molecule has 1 heterocycles. The molecule has 2 rings (SSSR count). The molecule has 0 atom stereocenters. The van der Waals surface area contributed by atoms with Gasteiger partial charge in [-0.15, -0.1) is 11.3 Å². The van der Waals surface area contributed by atoms with E-state index in [-0.39, 0.29) is 0 Å². The number of hydrogen-bond acceptors (Lipinski definition) is 4. The quantitative estimate of drug-likeness (QED) is 0.812. The Morgan fingerprint density at radius 1 is 1.64 bits per heavy atom. The normalized spacial score (nSPS) is 18.4. The molecular formula is C10H16N2S2. The van der Waals surface area contributed by atoms with Gasteiger partial charge >= 0.3 is 0 Å². The molecule has 0 radical (unpaired) electrons. The predicted molar refractivity (Wildman–Crippen MR) is 65.9 cm³/mol. The Morgan fingerprint density at radius 3 is 2.93 bits per heavy atom. The van der Waals surface area contributed by atoms with Crippen molar-refractivity contribution in [3.8, 4) is 0 Å². The van der Waals surface area contributed by atoms with Crippen molar-refractivity contribution < 1.29 is 0 Å². The van der Waals surface area contributed by atoms with Crippen LogP contribution >= 0.6 is 23.1 Å². The van der Waals surface area contributed by atoms with Crippen molar-refractivity contribution >= 4 is 28.8 Å². The van der Waals surface area contributed by atoms with Gasteiger partial charge in [0.15, 0.2) is 0 Å². The van der Waals surface area contributed by atoms with Crippen molar-refractivity contribution in [1.29, 1.82) is 0 Å². The lowest BCUT2D eigenvalue weighted by molar-refractivity contribution is 0.669. The number of nitrogen functional groups attached to an aromatic ring is 1. The van der Waals surface area contributed by atoms with Crippen LogP contribution in [0.25, 0.3) is 0 Å². The zero-order chi connectivity index (χ0) is 10.0. The summed E-state index contributed by atoms with van der Waals surface area (Å²) in [6.07, 6.45) is 4.93. The first kappa shape index (κ1) is 10.3. The van der Waals surface area contributed by atoms with E-state index in [4.69, 9.17) is 5.73 Å². The first-order valence-electron chi connectivity index (χ1n) is 4.83. The second kappa shape index (κ2) is 4.13. The van der Waals surface area contributed by atoms with E-state index in [2.05, 4.69) is 11.6 Å². The third-order valence-electron chi connectivity index (χ3n) is 2.75. The number of thioether (sulfide) groups is 1. The average Bonchev–Trinajstić information content (AvgIpc) is 2.86. The molecule has 0 unspecified atom stereocenters. The van der Waals surface area contributed by atoms with Gasteiger partial charge in [0, 0.05) is 28.4 Å². The van der Waals surface area contributed by atoms with Crippen LogP contribution in [0.5, 0.6) is 0 Å². The Balaban J connectivity index is 1.76. The highest BCUT2D eigenvalue weighted by molar-refractivity contribution is 8.00. The molecular weight excluding hydrogens is 212 g/mol. The van der Waals surface area contributed by atoms with Gasteiger partial charge in [-0.05, 0) is 30.5 Å². The predicted octanol–water partition coefficient (Wildman–Crippen LogP) is 2.32. The summed E-state index contributed by atoms with van der Waals surface area (Å²) in [5.41, 5.74) is 6.73. The summed E-state index contributed by atoms with van der Waals surface area (Å²) in [4.78, 5) is 1.27. The van der Waals surface area contributed by atoms with Crippen LogP contribution in [0.15, 0.2) is 11.4 Å². The zero-order valence-corrected chi connectivity index (χ0v) is 10.0. The number of nitrogens with two attached hydrogens (primary N) is 1. The SMILES string of the molecule is CSC1(CNCc2sccc2N)CC1. The molecule has 1 saturated carbocycles. The van der Waals surface area contributed by atoms with Crippen molar-refractivity contribution in [2.24, 2.45) is 0 Å². The van der Waals surface area contributed by atoms with E-state index in [9.17, 15) is 0 Å². The minimum Gasteiger partial charge on any atom is -0.398 e. The van der Waals surface area contributed by atoms with Gasteiger partial charge in [-0.25, -0.2) is 0 Å². The van der Waals surface area contributed by atoms with Crippen LogP contribution < -0.4 is 11.1 Å². The Kier molecular flexibility index (Phi) is 3.04. The fourth-order valence-corrected chi connectivity index (χ4v) is 3.02. The minimum absolute atomic E-state index is 0.548. The van der Waals surface area contributed by atoms with Gasteiger partial charge in [0.25, 0.3) is 0 Å². The first-order chi connectivity index (χ1) is 6.76. The standard InChI is InChI=1S/C10H16N2S2/c1-13-10(3-4-10)7-12-6-9-8(11)2-5-14-9/h2,5,12H,3-4,6-7,11H2,1H3. The van der Waals surface area contributed by atoms with Gasteiger partial charge in [0.1, 0.15) is 0 Å². The summed E-state index contributed by atoms with van der Waals surface area (Å²) in [5, 5.41) is 5.54. The fourth-order valence-electron chi connectivity index (χ4n) is 1.49. The maximum atomic E-state index is 5.80. The molecule has 14 heavy (non-hydrogen) atoms. The van der Waals surface area contributed by atoms with Crippen LogP contribution in [0.2, 0.25) is 0 Å². The second-order valence-electron chi connectivity index (χ2n) is 3.79. The smallest absolute Gasteiger partial charge is 0.0468 e. The molecule has 1 aromatic rings. The van der Waals surface area contributed by atoms with E-state index in [0.29, 0.717) is 4.75 Å². The van der Waals surface area contributed by atoms with Crippen molar-refractivity contribution in [2.75, 3.05) is 18.5 Å². The molecule has 1 aliphatic rings. The highest BCUT2D eigenvalue weighted by Crippen LogP contribution is 2.46. The highest BCUT2D eigenvalue weighted by Gasteiger charge is 2.41. The van der Waals surface area contributed by atoms with E-state index in [1.807, 2.05) is 23.2 Å². The van der Waals surface area contributed by atoms with Crippen LogP contribution in [-0.4, -0.2) is 17.5 Å². The number of hydrogen-bond donors (Lipinski definition) is 2. The van der Waals surface area contributed by atoms with Crippen molar-refractivity contribution in [3.05, 3.63) is 16.3 Å². The molecule has 4 heteroatoms. The number of thiophene rings is 1. The topological polar surface area (TPSA) is 38.0 Å². The molecule has 0 bridgehead atoms. The Morgan fingerprint density at radius 2 is 2.43 bits per heavy atom. The molecule has 2 nitrogen and oxygen atoms in total. The van der Waals surface area contributed by atoms with Gasteiger partial charge in [-0.1, -0.05) is 0 Å². The lowest BCUT2D eigenvalue weighted by Crippen LogP contribution is -2.25. The fraction of sp³-hybridized carbons (Fsp3) is 0.600. The van der Waals surface area contributed by atoms with Crippen LogP contribution in [0.1, 0.15) is 17.7 Å². The maximum Gasteiger partial charge on any atom is 0.0468 e. The molecule has 1 aromatic heterocycles. The first-order valence-corrected chi connectivity index (χ1v) is 6.94. The summed E-state index contributed by atoms with van der Waals surface area (Å²) in [5.74, 6) is 0. The monoisotopic (exact) mass is 228 g/mol. The van der Waals surface area contributed by atoms with Gasteiger partial charge < -0.3 is 11.1 Å². The Hall–Kier alpha value is -0.190. The molecule has 0 saturated heterocycles. The Labute approximate surface area is 93.3 Å². The second-order valence-corrected chi connectivity index (χ2v) is 6.06. The zero-order valence-electron chi connectivity index (χ0n) is 8.38. The lowest BCUT2D eigenvalue weighted by Gasteiger charge is -2.12. The molecule has 78 valence electrons. The molecule has 0 aromatic carbocycles. The number of rotatable bonds is 5. The van der Waals surface area contributed by atoms with E-state index in [0.717, 1.165) is 18.8 Å². The average molecular weight is 228 g/mol. The third kappa shape index (κ3) is 2.24. The summed E-state index contributed by atoms with van der Waals surface area (Å²) >= 11 is 3.72. The number of anilines is 1. The minimum atomic E-state index is 0.548. The van der Waals surface area contributed by atoms with Crippen LogP contribution in [-0.2, 0) is 6.54 Å². The van der Waals surface area contributed by atoms with Crippen LogP contribution in [0, 0.1) is 0 Å². The van der Waals surface area contributed by atoms with E-state index in [1.165, 1.54) is 17.7 Å². The van der Waals surface area contributed by atoms with Gasteiger partial charge in [0.05, 0.1) is 0 Å². The number of nitrogens with one attached hydrogen (secondary N) is 1. The molecule has 0 amide bonds. The maximum absolute atomic E-state index is 5.80. The van der Waals surface area contributed by atoms with E-state index in [1.54, 1.807) is 11.3 Å². The molecule has 1 fully saturated rings. The van der Waals surface area contributed by atoms with Gasteiger partial charge in [0.2, 0.25) is 0 Å². The summed E-state index contributed by atoms with van der Waals surface area (Å²) < 4.78 is 0.548. The molecule has 3 N–H and O–H groups in total. The summed E-state index contributed by atoms with van der Waals surface area (Å²) in [7, 11) is 0. The van der Waals surface area contributed by atoms with Crippen LogP contribution in [0.4, 0.5) is 5.69 Å². The van der Waals surface area contributed by atoms with E-state index < -0.39 is 0 Å². The summed E-state index contributed by atoms with van der Waals surface area (Å²) in [6, 6.07) is 1.98. The largest absolute Gasteiger partial charge is 0.398 e. The van der Waals surface area contributed by atoms with E-state index >= 15 is 0 Å². The molecule has 1 aliphatic carbocycles.